The highest BCUT2D eigenvalue weighted by atomic mass is 31.2. The van der Waals surface area contributed by atoms with Crippen LogP contribution in [0.1, 0.15) is 12.8 Å². The largest absolute Gasteiger partial charge is 0.0887 e. The predicted octanol–water partition coefficient (Wildman–Crippen LogP) is 5.56. The van der Waals surface area contributed by atoms with E-state index in [-0.39, 0.29) is 0 Å². The standard InChI is InChI=1S/C21H21P/c1-22(21-17-11-6-12-18-21,19-13-7-2-3-8-14-19)20-15-9-4-5-10-16-20/h2-4,6-7,9-18H,1,5,8H2. The van der Waals surface area contributed by atoms with Gasteiger partial charge in [0.1, 0.15) is 0 Å². The molecular formula is C21H21P. The quantitative estimate of drug-likeness (QED) is 0.641. The number of hydrogen-bond acceptors (Lipinski definition) is 0. The minimum absolute atomic E-state index is 0.971. The molecule has 0 saturated carbocycles. The molecule has 1 unspecified atom stereocenters. The Bertz CT molecular complexity index is 752. The molecule has 0 saturated heterocycles. The van der Waals surface area contributed by atoms with Crippen LogP contribution in [0.3, 0.4) is 0 Å². The molecule has 0 N–H and O–H groups in total. The monoisotopic (exact) mass is 304 g/mol. The molecule has 0 aliphatic heterocycles. The molecule has 110 valence electrons. The van der Waals surface area contributed by atoms with Crippen LogP contribution in [0.2, 0.25) is 0 Å². The molecule has 0 amide bonds. The first-order valence-electron chi connectivity index (χ1n) is 7.69. The normalized spacial score (nSPS) is 19.8. The Labute approximate surface area is 133 Å². The van der Waals surface area contributed by atoms with Crippen molar-refractivity contribution in [2.45, 2.75) is 12.8 Å². The zero-order chi connectivity index (χ0) is 15.3. The number of benzene rings is 1. The lowest BCUT2D eigenvalue weighted by Gasteiger charge is -2.28. The Hall–Kier alpha value is -2.04. The fraction of sp³-hybridized carbons (Fsp3) is 0.0952. The molecule has 0 radical (unpaired) electrons. The Morgan fingerprint density at radius 2 is 1.59 bits per heavy atom. The summed E-state index contributed by atoms with van der Waals surface area (Å²) in [6, 6.07) is 10.7. The van der Waals surface area contributed by atoms with Crippen molar-refractivity contribution in [1.82, 2.24) is 0 Å². The molecule has 22 heavy (non-hydrogen) atoms. The van der Waals surface area contributed by atoms with Gasteiger partial charge < -0.3 is 0 Å². The van der Waals surface area contributed by atoms with Crippen molar-refractivity contribution in [2.75, 3.05) is 0 Å². The van der Waals surface area contributed by atoms with Crippen molar-refractivity contribution in [3.05, 3.63) is 102 Å². The molecule has 3 rings (SSSR count). The van der Waals surface area contributed by atoms with Crippen LogP contribution in [0.15, 0.2) is 102 Å². The van der Waals surface area contributed by atoms with Crippen molar-refractivity contribution >= 4 is 18.5 Å². The van der Waals surface area contributed by atoms with Gasteiger partial charge in [0.05, 0.1) is 0 Å². The number of hydrogen-bond donors (Lipinski definition) is 0. The molecule has 1 aromatic rings. The van der Waals surface area contributed by atoms with Crippen LogP contribution >= 0.6 is 6.89 Å². The van der Waals surface area contributed by atoms with Gasteiger partial charge in [0.25, 0.3) is 0 Å². The zero-order valence-electron chi connectivity index (χ0n) is 12.7. The molecular weight excluding hydrogens is 283 g/mol. The van der Waals surface area contributed by atoms with Gasteiger partial charge in [0.15, 0.2) is 0 Å². The lowest BCUT2D eigenvalue weighted by molar-refractivity contribution is 1.40. The maximum absolute atomic E-state index is 4.78. The summed E-state index contributed by atoms with van der Waals surface area (Å²) in [5, 5.41) is 4.03. The predicted molar refractivity (Wildman–Crippen MR) is 102 cm³/mol. The average molecular weight is 304 g/mol. The highest BCUT2D eigenvalue weighted by molar-refractivity contribution is 7.88. The molecule has 0 aromatic heterocycles. The van der Waals surface area contributed by atoms with Crippen molar-refractivity contribution < 1.29 is 0 Å². The second kappa shape index (κ2) is 6.81. The topological polar surface area (TPSA) is 0 Å². The van der Waals surface area contributed by atoms with E-state index in [4.69, 9.17) is 6.30 Å². The molecule has 1 atom stereocenters. The van der Waals surface area contributed by atoms with Gasteiger partial charge in [0, 0.05) is 0 Å². The summed E-state index contributed by atoms with van der Waals surface area (Å²) in [4.78, 5) is 0. The van der Waals surface area contributed by atoms with Crippen LogP contribution in [0.4, 0.5) is 0 Å². The van der Waals surface area contributed by atoms with Crippen LogP contribution in [0.5, 0.6) is 0 Å². The SMILES string of the molecule is C=P(C1=CC=CCC=C1)(C1=CCC=CC=C1)c1ccccc1. The molecule has 0 nitrogen and oxygen atoms in total. The van der Waals surface area contributed by atoms with Gasteiger partial charge in [-0.3, -0.25) is 0 Å². The molecule has 0 fully saturated rings. The maximum Gasteiger partial charge on any atom is -0.0156 e. The molecule has 0 heterocycles. The van der Waals surface area contributed by atoms with Crippen molar-refractivity contribution in [3.63, 3.8) is 0 Å². The van der Waals surface area contributed by atoms with Crippen LogP contribution in [0.25, 0.3) is 0 Å². The third-order valence-electron chi connectivity index (χ3n) is 4.02. The van der Waals surface area contributed by atoms with Crippen molar-refractivity contribution in [2.24, 2.45) is 0 Å². The second-order valence-corrected chi connectivity index (χ2v) is 8.62. The minimum atomic E-state index is -1.82. The Kier molecular flexibility index (Phi) is 4.61. The van der Waals surface area contributed by atoms with E-state index in [0.717, 1.165) is 12.8 Å². The Balaban J connectivity index is 2.19. The fourth-order valence-electron chi connectivity index (χ4n) is 2.80. The van der Waals surface area contributed by atoms with Crippen LogP contribution in [0, 0.1) is 0 Å². The van der Waals surface area contributed by atoms with Gasteiger partial charge in [-0.15, -0.1) is 0 Å². The van der Waals surface area contributed by atoms with E-state index in [1.807, 2.05) is 0 Å². The smallest absolute Gasteiger partial charge is 0.0156 e. The van der Waals surface area contributed by atoms with Gasteiger partial charge in [-0.05, 0) is 35.7 Å². The van der Waals surface area contributed by atoms with Crippen molar-refractivity contribution in [1.29, 1.82) is 0 Å². The van der Waals surface area contributed by atoms with Crippen LogP contribution in [-0.4, -0.2) is 6.30 Å². The van der Waals surface area contributed by atoms with Gasteiger partial charge in [-0.2, -0.15) is 0 Å². The van der Waals surface area contributed by atoms with E-state index < -0.39 is 6.89 Å². The summed E-state index contributed by atoms with van der Waals surface area (Å²) in [7, 11) is 0. The highest BCUT2D eigenvalue weighted by Gasteiger charge is 2.23. The first kappa shape index (κ1) is 14.9. The van der Waals surface area contributed by atoms with Crippen LogP contribution in [-0.2, 0) is 0 Å². The molecule has 1 aromatic carbocycles. The summed E-state index contributed by atoms with van der Waals surface area (Å²) >= 11 is 0. The lowest BCUT2D eigenvalue weighted by Crippen LogP contribution is -2.07. The van der Waals surface area contributed by atoms with E-state index >= 15 is 0 Å². The van der Waals surface area contributed by atoms with Gasteiger partial charge in [-0.1, -0.05) is 97.4 Å². The first-order chi connectivity index (χ1) is 10.8. The molecule has 2 aliphatic carbocycles. The first-order valence-corrected chi connectivity index (χ1v) is 9.66. The molecule has 0 bridgehead atoms. The number of allylic oxidation sites excluding steroid dienone is 12. The molecule has 1 heteroatoms. The van der Waals surface area contributed by atoms with E-state index in [9.17, 15) is 0 Å². The van der Waals surface area contributed by atoms with Gasteiger partial charge >= 0.3 is 0 Å². The summed E-state index contributed by atoms with van der Waals surface area (Å²) in [6.07, 6.45) is 28.9. The van der Waals surface area contributed by atoms with Crippen molar-refractivity contribution in [3.8, 4) is 0 Å². The zero-order valence-corrected chi connectivity index (χ0v) is 13.6. The average Bonchev–Trinajstić information content (AvgIpc) is 3.00. The van der Waals surface area contributed by atoms with E-state index in [0.29, 0.717) is 0 Å². The summed E-state index contributed by atoms with van der Waals surface area (Å²) in [5.74, 6) is 0. The number of rotatable bonds is 3. The molecule has 0 spiro atoms. The second-order valence-electron chi connectivity index (χ2n) is 5.46. The summed E-state index contributed by atoms with van der Waals surface area (Å²) in [5.41, 5.74) is 0. The van der Waals surface area contributed by atoms with E-state index in [2.05, 4.69) is 91.1 Å². The molecule has 2 aliphatic rings. The van der Waals surface area contributed by atoms with E-state index in [1.54, 1.807) is 0 Å². The Morgan fingerprint density at radius 3 is 2.45 bits per heavy atom. The third-order valence-corrected chi connectivity index (χ3v) is 7.59. The fourth-order valence-corrected chi connectivity index (χ4v) is 5.84. The summed E-state index contributed by atoms with van der Waals surface area (Å²) in [6.45, 7) is -1.82. The minimum Gasteiger partial charge on any atom is -0.0887 e. The van der Waals surface area contributed by atoms with Gasteiger partial charge in [0.2, 0.25) is 0 Å². The highest BCUT2D eigenvalue weighted by Crippen LogP contribution is 2.60. The van der Waals surface area contributed by atoms with E-state index in [1.165, 1.54) is 15.9 Å². The van der Waals surface area contributed by atoms with Gasteiger partial charge in [-0.25, -0.2) is 0 Å². The maximum atomic E-state index is 4.78. The Morgan fingerprint density at radius 1 is 0.773 bits per heavy atom. The van der Waals surface area contributed by atoms with Crippen LogP contribution < -0.4 is 5.30 Å². The summed E-state index contributed by atoms with van der Waals surface area (Å²) < 4.78 is 0. The lowest BCUT2D eigenvalue weighted by atomic mass is 10.4. The third kappa shape index (κ3) is 2.93.